The summed E-state index contributed by atoms with van der Waals surface area (Å²) in [6.45, 7) is 2.20. The van der Waals surface area contributed by atoms with E-state index in [0.29, 0.717) is 5.56 Å². The lowest BCUT2D eigenvalue weighted by atomic mass is 9.99. The van der Waals surface area contributed by atoms with E-state index in [1.54, 1.807) is 0 Å². The van der Waals surface area contributed by atoms with Gasteiger partial charge in [0.15, 0.2) is 0 Å². The Bertz CT molecular complexity index is 705. The molecule has 0 saturated heterocycles. The van der Waals surface area contributed by atoms with Crippen molar-refractivity contribution in [3.05, 3.63) is 77.0 Å². The van der Waals surface area contributed by atoms with Gasteiger partial charge in [0.05, 0.1) is 12.7 Å². The van der Waals surface area contributed by atoms with Gasteiger partial charge in [0.1, 0.15) is 0 Å². The quantitative estimate of drug-likeness (QED) is 0.369. The van der Waals surface area contributed by atoms with Crippen molar-refractivity contribution in [3.63, 3.8) is 0 Å². The van der Waals surface area contributed by atoms with E-state index in [4.69, 9.17) is 4.74 Å². The molecule has 0 atom stereocenters. The second-order valence-electron chi connectivity index (χ2n) is 5.70. The summed E-state index contributed by atoms with van der Waals surface area (Å²) in [5.74, 6) is -0.308. The van der Waals surface area contributed by atoms with Crippen LogP contribution in [-0.2, 0) is 4.74 Å². The fourth-order valence-corrected chi connectivity index (χ4v) is 2.50. The van der Waals surface area contributed by atoms with E-state index >= 15 is 0 Å². The second-order valence-corrected chi connectivity index (χ2v) is 5.70. The molecule has 124 valence electrons. The zero-order valence-electron chi connectivity index (χ0n) is 14.4. The maximum Gasteiger partial charge on any atom is 0.337 e. The molecule has 0 heterocycles. The summed E-state index contributed by atoms with van der Waals surface area (Å²) in [7, 11) is 1.40. The standard InChI is InChI=1S/C22H24O2/c1-3-4-6-11-19(13-12-18-9-7-5-8-10-18)20-14-16-21(17-15-20)22(23)24-2/h5,7-10,12,14-17H,3-4,6,11H2,1-2H3. The number of esters is 1. The van der Waals surface area contributed by atoms with E-state index in [-0.39, 0.29) is 5.97 Å². The van der Waals surface area contributed by atoms with Gasteiger partial charge in [-0.3, -0.25) is 0 Å². The Morgan fingerprint density at radius 1 is 1.00 bits per heavy atom. The molecule has 2 heteroatoms. The summed E-state index contributed by atoms with van der Waals surface area (Å²) in [6, 6.07) is 17.8. The number of ether oxygens (including phenoxy) is 1. The number of carbonyl (C=O) groups excluding carboxylic acids is 1. The van der Waals surface area contributed by atoms with Gasteiger partial charge in [-0.1, -0.05) is 62.2 Å². The minimum Gasteiger partial charge on any atom is -0.465 e. The summed E-state index contributed by atoms with van der Waals surface area (Å²) >= 11 is 0. The normalized spacial score (nSPS) is 9.92. The fraction of sp³-hybridized carbons (Fsp3) is 0.273. The van der Waals surface area contributed by atoms with E-state index in [2.05, 4.69) is 24.8 Å². The van der Waals surface area contributed by atoms with Crippen molar-refractivity contribution in [1.82, 2.24) is 0 Å². The molecule has 0 radical (unpaired) electrons. The topological polar surface area (TPSA) is 26.3 Å². The number of carbonyl (C=O) groups is 1. The Morgan fingerprint density at radius 3 is 2.29 bits per heavy atom. The van der Waals surface area contributed by atoms with Crippen molar-refractivity contribution in [2.24, 2.45) is 0 Å². The van der Waals surface area contributed by atoms with Crippen molar-refractivity contribution in [2.75, 3.05) is 7.11 Å². The van der Waals surface area contributed by atoms with Crippen molar-refractivity contribution < 1.29 is 9.53 Å². The number of unbranched alkanes of at least 4 members (excludes halogenated alkanes) is 2. The molecule has 0 fully saturated rings. The lowest BCUT2D eigenvalue weighted by Crippen LogP contribution is -2.00. The molecule has 0 bridgehead atoms. The number of allylic oxidation sites excluding steroid dienone is 1. The first kappa shape index (κ1) is 17.8. The molecule has 0 aliphatic carbocycles. The van der Waals surface area contributed by atoms with Gasteiger partial charge in [-0.25, -0.2) is 4.79 Å². The van der Waals surface area contributed by atoms with Crippen LogP contribution in [0.3, 0.4) is 0 Å². The van der Waals surface area contributed by atoms with Crippen molar-refractivity contribution in [1.29, 1.82) is 0 Å². The van der Waals surface area contributed by atoms with Crippen molar-refractivity contribution in [2.45, 2.75) is 32.6 Å². The molecule has 2 aromatic carbocycles. The molecule has 0 aromatic heterocycles. The molecule has 0 unspecified atom stereocenters. The predicted octanol–water partition coefficient (Wildman–Crippen LogP) is 5.75. The molecule has 0 aliphatic heterocycles. The van der Waals surface area contributed by atoms with Gasteiger partial charge in [-0.15, -0.1) is 5.73 Å². The van der Waals surface area contributed by atoms with Gasteiger partial charge in [-0.2, -0.15) is 0 Å². The Kier molecular flexibility index (Phi) is 7.07. The van der Waals surface area contributed by atoms with E-state index in [1.807, 2.05) is 48.5 Å². The Hall–Kier alpha value is -2.57. The molecule has 0 N–H and O–H groups in total. The maximum atomic E-state index is 11.6. The largest absolute Gasteiger partial charge is 0.465 e. The van der Waals surface area contributed by atoms with Crippen LogP contribution in [0.15, 0.2) is 60.3 Å². The first-order chi connectivity index (χ1) is 11.7. The van der Waals surface area contributed by atoms with Crippen LogP contribution < -0.4 is 0 Å². The van der Waals surface area contributed by atoms with Crippen LogP contribution in [0.5, 0.6) is 0 Å². The third kappa shape index (κ3) is 5.26. The number of hydrogen-bond acceptors (Lipinski definition) is 2. The molecule has 0 spiro atoms. The molecule has 0 aliphatic rings. The van der Waals surface area contributed by atoms with Crippen LogP contribution in [0.2, 0.25) is 0 Å². The van der Waals surface area contributed by atoms with Crippen LogP contribution in [0.25, 0.3) is 11.6 Å². The monoisotopic (exact) mass is 320 g/mol. The number of rotatable bonds is 7. The molecule has 2 nitrogen and oxygen atoms in total. The summed E-state index contributed by atoms with van der Waals surface area (Å²) in [4.78, 5) is 11.6. The molecular weight excluding hydrogens is 296 g/mol. The van der Waals surface area contributed by atoms with Crippen LogP contribution in [0.1, 0.15) is 54.1 Å². The molecule has 2 rings (SSSR count). The first-order valence-electron chi connectivity index (χ1n) is 8.44. The summed E-state index contributed by atoms with van der Waals surface area (Å²) in [5, 5.41) is 0. The highest BCUT2D eigenvalue weighted by molar-refractivity contribution is 5.89. The molecule has 0 amide bonds. The van der Waals surface area contributed by atoms with E-state index in [0.717, 1.165) is 24.0 Å². The zero-order chi connectivity index (χ0) is 17.2. The zero-order valence-corrected chi connectivity index (χ0v) is 14.4. The third-order valence-corrected chi connectivity index (χ3v) is 3.90. The van der Waals surface area contributed by atoms with Gasteiger partial charge >= 0.3 is 5.97 Å². The third-order valence-electron chi connectivity index (χ3n) is 3.90. The van der Waals surface area contributed by atoms with Gasteiger partial charge < -0.3 is 4.74 Å². The van der Waals surface area contributed by atoms with Crippen LogP contribution in [0, 0.1) is 0 Å². The van der Waals surface area contributed by atoms with Crippen molar-refractivity contribution in [3.8, 4) is 0 Å². The Morgan fingerprint density at radius 2 is 1.67 bits per heavy atom. The SMILES string of the molecule is CCCCCC(=C=Cc1ccccc1)c1ccc(C(=O)OC)cc1. The average molecular weight is 320 g/mol. The molecule has 0 saturated carbocycles. The molecule has 2 aromatic rings. The van der Waals surface area contributed by atoms with Crippen LogP contribution >= 0.6 is 0 Å². The lowest BCUT2D eigenvalue weighted by molar-refractivity contribution is 0.0600. The highest BCUT2D eigenvalue weighted by Crippen LogP contribution is 2.21. The van der Waals surface area contributed by atoms with Gasteiger partial charge in [0.2, 0.25) is 0 Å². The highest BCUT2D eigenvalue weighted by atomic mass is 16.5. The Balaban J connectivity index is 2.28. The molecular formula is C22H24O2. The lowest BCUT2D eigenvalue weighted by Gasteiger charge is -2.06. The minimum atomic E-state index is -0.308. The number of benzene rings is 2. The maximum absolute atomic E-state index is 11.6. The summed E-state index contributed by atoms with van der Waals surface area (Å²) < 4.78 is 4.75. The van der Waals surface area contributed by atoms with Crippen LogP contribution in [-0.4, -0.2) is 13.1 Å². The highest BCUT2D eigenvalue weighted by Gasteiger charge is 2.06. The van der Waals surface area contributed by atoms with E-state index in [1.165, 1.54) is 25.5 Å². The minimum absolute atomic E-state index is 0.308. The smallest absolute Gasteiger partial charge is 0.337 e. The second kappa shape index (κ2) is 9.54. The van der Waals surface area contributed by atoms with Crippen LogP contribution in [0.4, 0.5) is 0 Å². The summed E-state index contributed by atoms with van der Waals surface area (Å²) in [5.41, 5.74) is 7.43. The number of methoxy groups -OCH3 is 1. The van der Waals surface area contributed by atoms with E-state index in [9.17, 15) is 4.79 Å². The number of hydrogen-bond donors (Lipinski definition) is 0. The van der Waals surface area contributed by atoms with Gasteiger partial charge in [-0.05, 0) is 42.2 Å². The van der Waals surface area contributed by atoms with Crippen molar-refractivity contribution >= 4 is 17.6 Å². The van der Waals surface area contributed by atoms with Gasteiger partial charge in [0.25, 0.3) is 0 Å². The van der Waals surface area contributed by atoms with E-state index < -0.39 is 0 Å². The first-order valence-corrected chi connectivity index (χ1v) is 8.44. The molecule has 24 heavy (non-hydrogen) atoms. The summed E-state index contributed by atoms with van der Waals surface area (Å²) in [6.07, 6.45) is 6.54. The fourth-order valence-electron chi connectivity index (χ4n) is 2.50. The Labute approximate surface area is 144 Å². The average Bonchev–Trinajstić information content (AvgIpc) is 2.65. The van der Waals surface area contributed by atoms with Gasteiger partial charge in [0, 0.05) is 5.57 Å². The predicted molar refractivity (Wildman–Crippen MR) is 99.7 cm³/mol.